The molecule has 1 amide bonds. The van der Waals surface area contributed by atoms with Crippen molar-refractivity contribution < 1.29 is 9.53 Å². The number of amides is 1. The maximum absolute atomic E-state index is 12.4. The second-order valence-corrected chi connectivity index (χ2v) is 7.56. The van der Waals surface area contributed by atoms with Crippen LogP contribution in [0.2, 0.25) is 0 Å². The average Bonchev–Trinajstić information content (AvgIpc) is 2.65. The molecule has 1 aliphatic rings. The number of carbonyl (C=O) groups excluding carboxylic acids is 1. The molecule has 0 aliphatic carbocycles. The molecule has 1 aliphatic heterocycles. The number of ether oxygens (including phenoxy) is 1. The summed E-state index contributed by atoms with van der Waals surface area (Å²) in [4.78, 5) is 14.1. The summed E-state index contributed by atoms with van der Waals surface area (Å²) in [5.41, 5.74) is 1.73. The lowest BCUT2D eigenvalue weighted by molar-refractivity contribution is 0.0581. The molecule has 0 spiro atoms. The Hall–Kier alpha value is -1.03. The maximum Gasteiger partial charge on any atom is 0.414 e. The van der Waals surface area contributed by atoms with Crippen molar-refractivity contribution in [3.63, 3.8) is 0 Å². The van der Waals surface area contributed by atoms with Crippen molar-refractivity contribution in [2.45, 2.75) is 46.1 Å². The van der Waals surface area contributed by atoms with Crippen LogP contribution in [-0.2, 0) is 4.74 Å². The summed E-state index contributed by atoms with van der Waals surface area (Å²) in [6, 6.07) is 6.08. The molecule has 0 fully saturated rings. The molecule has 1 unspecified atom stereocenters. The van der Waals surface area contributed by atoms with Gasteiger partial charge in [-0.2, -0.15) is 0 Å². The Morgan fingerprint density at radius 1 is 1.40 bits per heavy atom. The Labute approximate surface area is 129 Å². The molecular weight excluding hydrogens is 318 g/mol. The average molecular weight is 340 g/mol. The summed E-state index contributed by atoms with van der Waals surface area (Å²) in [5.74, 6) is 0.838. The second-order valence-electron chi connectivity index (χ2n) is 6.64. The molecule has 0 saturated heterocycles. The van der Waals surface area contributed by atoms with E-state index in [1.54, 1.807) is 4.90 Å². The first-order valence-corrected chi connectivity index (χ1v) is 7.78. The summed E-state index contributed by atoms with van der Waals surface area (Å²) in [6.07, 6.45) is -0.260. The lowest BCUT2D eigenvalue weighted by atomic mass is 9.90. The molecule has 0 bridgehead atoms. The number of carbonyl (C=O) groups is 1. The fourth-order valence-corrected chi connectivity index (χ4v) is 2.90. The molecule has 1 heterocycles. The molecule has 1 aromatic carbocycles. The van der Waals surface area contributed by atoms with Crippen LogP contribution in [0, 0.1) is 5.92 Å². The van der Waals surface area contributed by atoms with E-state index in [0.29, 0.717) is 18.4 Å². The summed E-state index contributed by atoms with van der Waals surface area (Å²) in [6.45, 7) is 10.7. The largest absolute Gasteiger partial charge is 0.443 e. The molecule has 0 radical (unpaired) electrons. The van der Waals surface area contributed by atoms with Crippen LogP contribution in [0.25, 0.3) is 0 Å². The molecule has 0 aromatic heterocycles. The highest BCUT2D eigenvalue weighted by atomic mass is 79.9. The minimum Gasteiger partial charge on any atom is -0.443 e. The molecule has 1 aromatic rings. The van der Waals surface area contributed by atoms with Crippen LogP contribution in [0.15, 0.2) is 22.7 Å². The van der Waals surface area contributed by atoms with E-state index in [9.17, 15) is 4.79 Å². The third kappa shape index (κ3) is 3.17. The molecular formula is C16H22BrNO2. The maximum atomic E-state index is 12.4. The van der Waals surface area contributed by atoms with Gasteiger partial charge in [0.15, 0.2) is 0 Å². The van der Waals surface area contributed by atoms with Crippen molar-refractivity contribution in [1.29, 1.82) is 0 Å². The van der Waals surface area contributed by atoms with Gasteiger partial charge in [0.05, 0.1) is 5.69 Å². The summed E-state index contributed by atoms with van der Waals surface area (Å²) >= 11 is 3.51. The number of halogens is 1. The van der Waals surface area contributed by atoms with Crippen molar-refractivity contribution in [3.8, 4) is 0 Å². The minimum atomic E-state index is -0.470. The second kappa shape index (κ2) is 5.40. The molecule has 1 atom stereocenters. The topological polar surface area (TPSA) is 29.5 Å². The molecule has 2 rings (SSSR count). The van der Waals surface area contributed by atoms with Crippen LogP contribution < -0.4 is 4.90 Å². The zero-order valence-corrected chi connectivity index (χ0v) is 14.3. The fourth-order valence-electron chi connectivity index (χ4n) is 2.52. The Bertz CT molecular complexity index is 520. The van der Waals surface area contributed by atoms with Crippen molar-refractivity contribution in [2.24, 2.45) is 5.92 Å². The Morgan fingerprint density at radius 3 is 2.60 bits per heavy atom. The first kappa shape index (κ1) is 15.4. The Kier molecular flexibility index (Phi) is 4.14. The van der Waals surface area contributed by atoms with Gasteiger partial charge in [0.1, 0.15) is 5.60 Å². The highest BCUT2D eigenvalue weighted by molar-refractivity contribution is 9.10. The molecule has 0 saturated carbocycles. The van der Waals surface area contributed by atoms with Gasteiger partial charge in [-0.3, -0.25) is 4.90 Å². The van der Waals surface area contributed by atoms with E-state index < -0.39 is 5.60 Å². The van der Waals surface area contributed by atoms with Crippen molar-refractivity contribution >= 4 is 27.7 Å². The number of hydrogen-bond donors (Lipinski definition) is 0. The highest BCUT2D eigenvalue weighted by Gasteiger charge is 2.36. The van der Waals surface area contributed by atoms with Gasteiger partial charge in [-0.1, -0.05) is 29.8 Å². The first-order valence-electron chi connectivity index (χ1n) is 6.99. The van der Waals surface area contributed by atoms with E-state index in [1.807, 2.05) is 32.9 Å². The number of nitrogens with zero attached hydrogens (tertiary/aromatic N) is 1. The van der Waals surface area contributed by atoms with Crippen molar-refractivity contribution in [2.75, 3.05) is 11.4 Å². The normalized spacial score (nSPS) is 18.4. The zero-order chi connectivity index (χ0) is 15.1. The zero-order valence-electron chi connectivity index (χ0n) is 12.7. The first-order chi connectivity index (χ1) is 9.19. The van der Waals surface area contributed by atoms with Crippen LogP contribution in [0.5, 0.6) is 0 Å². The predicted molar refractivity (Wildman–Crippen MR) is 85.3 cm³/mol. The highest BCUT2D eigenvalue weighted by Crippen LogP contribution is 2.42. The van der Waals surface area contributed by atoms with E-state index in [-0.39, 0.29) is 6.09 Å². The minimum absolute atomic E-state index is 0.260. The number of rotatable bonds is 1. The van der Waals surface area contributed by atoms with Crippen molar-refractivity contribution in [3.05, 3.63) is 28.2 Å². The monoisotopic (exact) mass is 339 g/mol. The summed E-state index contributed by atoms with van der Waals surface area (Å²) in [5, 5.41) is 0. The van der Waals surface area contributed by atoms with E-state index in [1.165, 1.54) is 5.56 Å². The van der Waals surface area contributed by atoms with E-state index in [0.717, 1.165) is 10.2 Å². The van der Waals surface area contributed by atoms with Crippen LogP contribution in [-0.4, -0.2) is 18.2 Å². The quantitative estimate of drug-likeness (QED) is 0.724. The molecule has 110 valence electrons. The van der Waals surface area contributed by atoms with Gasteiger partial charge in [-0.25, -0.2) is 4.79 Å². The van der Waals surface area contributed by atoms with Gasteiger partial charge < -0.3 is 4.74 Å². The van der Waals surface area contributed by atoms with Crippen LogP contribution in [0.4, 0.5) is 10.5 Å². The molecule has 0 N–H and O–H groups in total. The van der Waals surface area contributed by atoms with Crippen molar-refractivity contribution in [1.82, 2.24) is 0 Å². The van der Waals surface area contributed by atoms with Crippen LogP contribution in [0.1, 0.15) is 46.1 Å². The number of benzene rings is 1. The third-order valence-electron chi connectivity index (χ3n) is 3.48. The predicted octanol–water partition coefficient (Wildman–Crippen LogP) is 4.94. The summed E-state index contributed by atoms with van der Waals surface area (Å²) < 4.78 is 6.56. The fraction of sp³-hybridized carbons (Fsp3) is 0.562. The molecule has 20 heavy (non-hydrogen) atoms. The van der Waals surface area contributed by atoms with E-state index >= 15 is 0 Å². The van der Waals surface area contributed by atoms with Gasteiger partial charge in [-0.05, 0) is 50.5 Å². The number of anilines is 1. The Balaban J connectivity index is 2.33. The Morgan fingerprint density at radius 2 is 2.05 bits per heavy atom. The number of fused-ring (bicyclic) bond motifs is 1. The van der Waals surface area contributed by atoms with Crippen LogP contribution in [0.3, 0.4) is 0 Å². The van der Waals surface area contributed by atoms with Gasteiger partial charge in [0.2, 0.25) is 0 Å². The van der Waals surface area contributed by atoms with Gasteiger partial charge in [0.25, 0.3) is 0 Å². The van der Waals surface area contributed by atoms with Gasteiger partial charge in [0, 0.05) is 16.9 Å². The van der Waals surface area contributed by atoms with E-state index in [2.05, 4.69) is 35.8 Å². The molecule has 4 heteroatoms. The number of hydrogen-bond acceptors (Lipinski definition) is 2. The van der Waals surface area contributed by atoms with Gasteiger partial charge in [-0.15, -0.1) is 0 Å². The molecule has 3 nitrogen and oxygen atoms in total. The van der Waals surface area contributed by atoms with E-state index in [4.69, 9.17) is 4.74 Å². The van der Waals surface area contributed by atoms with Gasteiger partial charge >= 0.3 is 6.09 Å². The third-order valence-corrected chi connectivity index (χ3v) is 3.97. The lowest BCUT2D eigenvalue weighted by Crippen LogP contribution is -2.36. The smallest absolute Gasteiger partial charge is 0.414 e. The lowest BCUT2D eigenvalue weighted by Gasteiger charge is -2.25. The SMILES string of the molecule is CC(C)C1CN(C(=O)OC(C)(C)C)c2ccc(Br)cc21. The standard InChI is InChI=1S/C16H22BrNO2/c1-10(2)13-9-18(15(19)20-16(3,4)5)14-7-6-11(17)8-12(13)14/h6-8,10,13H,9H2,1-5H3. The van der Waals surface area contributed by atoms with Crippen LogP contribution >= 0.6 is 15.9 Å². The summed E-state index contributed by atoms with van der Waals surface area (Å²) in [7, 11) is 0.